The van der Waals surface area contributed by atoms with Crippen molar-refractivity contribution in [1.29, 1.82) is 0 Å². The summed E-state index contributed by atoms with van der Waals surface area (Å²) in [7, 11) is 1.16. The first kappa shape index (κ1) is 20.1. The van der Waals surface area contributed by atoms with Gasteiger partial charge in [-0.25, -0.2) is 0 Å². The lowest BCUT2D eigenvalue weighted by Crippen LogP contribution is -2.42. The Morgan fingerprint density at radius 2 is 1.58 bits per heavy atom. The Morgan fingerprint density at radius 1 is 1.04 bits per heavy atom. The Labute approximate surface area is 144 Å². The summed E-state index contributed by atoms with van der Waals surface area (Å²) in [6, 6.07) is 0.739. The van der Waals surface area contributed by atoms with Crippen molar-refractivity contribution in [2.45, 2.75) is 25.2 Å². The molecule has 2 rings (SSSR count). The zero-order chi connectivity index (χ0) is 19.7. The van der Waals surface area contributed by atoms with E-state index >= 15 is 0 Å². The number of benzene rings is 1. The second-order valence-corrected chi connectivity index (χ2v) is 5.91. The number of amides is 1. The molecule has 10 heteroatoms. The number of hydrogen-bond acceptors (Lipinski definition) is 3. The van der Waals surface area contributed by atoms with E-state index in [1.807, 2.05) is 0 Å². The summed E-state index contributed by atoms with van der Waals surface area (Å²) in [5.41, 5.74) is -3.84. The Morgan fingerprint density at radius 3 is 2.04 bits per heavy atom. The monoisotopic (exact) mass is 383 g/mol. The standard InChI is InChI=1S/C16H15F6NO3/c1-26-14(25)9-3-2-4-23(8-9)13(24)10-5-11(15(17,18)19)7-12(6-10)16(20,21)22/h5-7,9H,2-4,8H2,1H3. The minimum absolute atomic E-state index is 0.0375. The molecule has 0 bridgehead atoms. The molecule has 1 heterocycles. The van der Waals surface area contributed by atoms with Crippen LogP contribution >= 0.6 is 0 Å². The summed E-state index contributed by atoms with van der Waals surface area (Å²) in [6.45, 7) is 0.00697. The molecule has 0 aromatic heterocycles. The second kappa shape index (κ2) is 7.16. The van der Waals surface area contributed by atoms with Gasteiger partial charge in [-0.1, -0.05) is 0 Å². The van der Waals surface area contributed by atoms with Crippen molar-refractivity contribution in [2.24, 2.45) is 5.92 Å². The smallest absolute Gasteiger partial charge is 0.416 e. The highest BCUT2D eigenvalue weighted by Gasteiger charge is 2.38. The SMILES string of the molecule is COC(=O)C1CCCN(C(=O)c2cc(C(F)(F)F)cc(C(F)(F)F)c2)C1. The van der Waals surface area contributed by atoms with Gasteiger partial charge in [0.25, 0.3) is 5.91 Å². The van der Waals surface area contributed by atoms with E-state index in [9.17, 15) is 35.9 Å². The lowest BCUT2D eigenvalue weighted by molar-refractivity contribution is -0.147. The number of alkyl halides is 6. The number of ether oxygens (including phenoxy) is 1. The summed E-state index contributed by atoms with van der Waals surface area (Å²) < 4.78 is 82.0. The van der Waals surface area contributed by atoms with Crippen LogP contribution in [-0.4, -0.2) is 37.0 Å². The highest BCUT2D eigenvalue weighted by atomic mass is 19.4. The number of rotatable bonds is 2. The van der Waals surface area contributed by atoms with E-state index in [4.69, 9.17) is 0 Å². The first-order valence-electron chi connectivity index (χ1n) is 7.60. The molecule has 0 N–H and O–H groups in total. The summed E-state index contributed by atoms with van der Waals surface area (Å²) in [6.07, 6.45) is -9.26. The van der Waals surface area contributed by atoms with Gasteiger partial charge < -0.3 is 9.64 Å². The number of halogens is 6. The maximum atomic E-state index is 12.9. The van der Waals surface area contributed by atoms with Crippen molar-refractivity contribution in [1.82, 2.24) is 4.90 Å². The van der Waals surface area contributed by atoms with Gasteiger partial charge in [0.15, 0.2) is 0 Å². The van der Waals surface area contributed by atoms with Crippen molar-refractivity contribution in [3.05, 3.63) is 34.9 Å². The van der Waals surface area contributed by atoms with Crippen LogP contribution in [0, 0.1) is 5.92 Å². The predicted molar refractivity (Wildman–Crippen MR) is 77.1 cm³/mol. The number of esters is 1. The largest absolute Gasteiger partial charge is 0.469 e. The minimum Gasteiger partial charge on any atom is -0.469 e. The second-order valence-electron chi connectivity index (χ2n) is 5.91. The maximum Gasteiger partial charge on any atom is 0.416 e. The van der Waals surface area contributed by atoms with E-state index in [1.54, 1.807) is 0 Å². The van der Waals surface area contributed by atoms with E-state index in [-0.39, 0.29) is 19.2 Å². The number of piperidine rings is 1. The molecule has 4 nitrogen and oxygen atoms in total. The van der Waals surface area contributed by atoms with Crippen molar-refractivity contribution in [3.8, 4) is 0 Å². The first-order valence-corrected chi connectivity index (χ1v) is 7.60. The molecule has 0 spiro atoms. The topological polar surface area (TPSA) is 46.6 Å². The molecule has 1 amide bonds. The number of carbonyl (C=O) groups excluding carboxylic acids is 2. The van der Waals surface area contributed by atoms with Crippen molar-refractivity contribution in [3.63, 3.8) is 0 Å². The lowest BCUT2D eigenvalue weighted by atomic mass is 9.96. The molecule has 144 valence electrons. The summed E-state index contributed by atoms with van der Waals surface area (Å²) >= 11 is 0. The Kier molecular flexibility index (Phi) is 5.52. The van der Waals surface area contributed by atoms with Crippen molar-refractivity contribution >= 4 is 11.9 Å². The first-order chi connectivity index (χ1) is 11.9. The van der Waals surface area contributed by atoms with Crippen LogP contribution in [0.3, 0.4) is 0 Å². The van der Waals surface area contributed by atoms with E-state index in [0.717, 1.165) is 12.0 Å². The average molecular weight is 383 g/mol. The average Bonchev–Trinajstić information content (AvgIpc) is 2.58. The molecule has 1 aromatic carbocycles. The molecular weight excluding hydrogens is 368 g/mol. The third-order valence-electron chi connectivity index (χ3n) is 4.08. The molecule has 1 fully saturated rings. The van der Waals surface area contributed by atoms with Crippen LogP contribution in [0.1, 0.15) is 34.3 Å². The van der Waals surface area contributed by atoms with Crippen LogP contribution in [-0.2, 0) is 21.9 Å². The van der Waals surface area contributed by atoms with Crippen LogP contribution in [0.4, 0.5) is 26.3 Å². The summed E-state index contributed by atoms with van der Waals surface area (Å²) in [5, 5.41) is 0. The molecular formula is C16H15F6NO3. The maximum absolute atomic E-state index is 12.9. The highest BCUT2D eigenvalue weighted by Crippen LogP contribution is 2.36. The van der Waals surface area contributed by atoms with E-state index in [0.29, 0.717) is 25.0 Å². The molecule has 1 unspecified atom stereocenters. The molecule has 0 saturated carbocycles. The summed E-state index contributed by atoms with van der Waals surface area (Å²) in [4.78, 5) is 25.1. The van der Waals surface area contributed by atoms with Crippen molar-refractivity contribution < 1.29 is 40.7 Å². The van der Waals surface area contributed by atoms with Gasteiger partial charge in [0.1, 0.15) is 0 Å². The quantitative estimate of drug-likeness (QED) is 0.577. The summed E-state index contributed by atoms with van der Waals surface area (Å²) in [5.74, 6) is -2.23. The van der Waals surface area contributed by atoms with E-state index in [2.05, 4.69) is 4.74 Å². The zero-order valence-electron chi connectivity index (χ0n) is 13.6. The number of nitrogens with zero attached hydrogens (tertiary/aromatic N) is 1. The van der Waals surface area contributed by atoms with Crippen LogP contribution in [0.15, 0.2) is 18.2 Å². The van der Waals surface area contributed by atoms with E-state index < -0.39 is 46.8 Å². The molecule has 0 radical (unpaired) electrons. The third kappa shape index (κ3) is 4.47. The van der Waals surface area contributed by atoms with Gasteiger partial charge in [0.05, 0.1) is 24.2 Å². The molecule has 1 saturated heterocycles. The molecule has 1 aliphatic rings. The van der Waals surface area contributed by atoms with Crippen LogP contribution < -0.4 is 0 Å². The molecule has 26 heavy (non-hydrogen) atoms. The van der Waals surface area contributed by atoms with Gasteiger partial charge in [-0.15, -0.1) is 0 Å². The van der Waals surface area contributed by atoms with Gasteiger partial charge in [-0.05, 0) is 31.0 Å². The van der Waals surface area contributed by atoms with Crippen molar-refractivity contribution in [2.75, 3.05) is 20.2 Å². The lowest BCUT2D eigenvalue weighted by Gasteiger charge is -2.31. The fourth-order valence-corrected chi connectivity index (χ4v) is 2.78. The molecule has 1 aliphatic heterocycles. The number of likely N-dealkylation sites (tertiary alicyclic amines) is 1. The predicted octanol–water partition coefficient (Wildman–Crippen LogP) is 3.75. The van der Waals surface area contributed by atoms with Crippen LogP contribution in [0.2, 0.25) is 0 Å². The van der Waals surface area contributed by atoms with Gasteiger partial charge >= 0.3 is 18.3 Å². The fraction of sp³-hybridized carbons (Fsp3) is 0.500. The Balaban J connectivity index is 2.37. The zero-order valence-corrected chi connectivity index (χ0v) is 13.6. The van der Waals surface area contributed by atoms with Gasteiger partial charge in [-0.2, -0.15) is 26.3 Å². The van der Waals surface area contributed by atoms with Gasteiger partial charge in [-0.3, -0.25) is 9.59 Å². The number of carbonyl (C=O) groups is 2. The Hall–Kier alpha value is -2.26. The fourth-order valence-electron chi connectivity index (χ4n) is 2.78. The minimum atomic E-state index is -5.03. The van der Waals surface area contributed by atoms with Crippen LogP contribution in [0.5, 0.6) is 0 Å². The van der Waals surface area contributed by atoms with Gasteiger partial charge in [0, 0.05) is 18.7 Å². The van der Waals surface area contributed by atoms with Crippen LogP contribution in [0.25, 0.3) is 0 Å². The number of methoxy groups -OCH3 is 1. The molecule has 0 aliphatic carbocycles. The highest BCUT2D eigenvalue weighted by molar-refractivity contribution is 5.95. The molecule has 1 atom stereocenters. The normalized spacial score (nSPS) is 18.6. The van der Waals surface area contributed by atoms with E-state index in [1.165, 1.54) is 0 Å². The molecule has 1 aromatic rings. The number of hydrogen-bond donors (Lipinski definition) is 0. The van der Waals surface area contributed by atoms with Gasteiger partial charge in [0.2, 0.25) is 0 Å². The Bertz CT molecular complexity index is 666. The third-order valence-corrected chi connectivity index (χ3v) is 4.08.